The summed E-state index contributed by atoms with van der Waals surface area (Å²) in [6.07, 6.45) is 3.39. The van der Waals surface area contributed by atoms with Crippen LogP contribution in [0.15, 0.2) is 22.7 Å². The van der Waals surface area contributed by atoms with Crippen molar-refractivity contribution in [3.63, 3.8) is 0 Å². The van der Waals surface area contributed by atoms with Crippen molar-refractivity contribution in [2.45, 2.75) is 19.3 Å². The Labute approximate surface area is 114 Å². The lowest BCUT2D eigenvalue weighted by atomic mass is 10.1. The van der Waals surface area contributed by atoms with Crippen LogP contribution in [0.4, 0.5) is 10.1 Å². The average Bonchev–Trinajstić information content (AvgIpc) is 2.38. The fourth-order valence-electron chi connectivity index (χ4n) is 2.06. The fourth-order valence-corrected chi connectivity index (χ4v) is 2.55. The number of nitrogens with zero attached hydrogens (tertiary/aromatic N) is 1. The molecule has 0 spiro atoms. The van der Waals surface area contributed by atoms with E-state index in [1.165, 1.54) is 18.6 Å². The average molecular weight is 315 g/mol. The van der Waals surface area contributed by atoms with E-state index in [9.17, 15) is 9.18 Å². The van der Waals surface area contributed by atoms with Crippen molar-refractivity contribution in [2.24, 2.45) is 0 Å². The van der Waals surface area contributed by atoms with E-state index >= 15 is 0 Å². The molecule has 0 bridgehead atoms. The second-order valence-corrected chi connectivity index (χ2v) is 5.27. The summed E-state index contributed by atoms with van der Waals surface area (Å²) < 4.78 is 13.5. The van der Waals surface area contributed by atoms with Crippen molar-refractivity contribution in [3.8, 4) is 0 Å². The zero-order valence-electron chi connectivity index (χ0n) is 10.1. The predicted octanol–water partition coefficient (Wildman–Crippen LogP) is 3.01. The minimum Gasteiger partial charge on any atom is -0.375 e. The van der Waals surface area contributed by atoms with Gasteiger partial charge in [0.15, 0.2) is 0 Å². The topological polar surface area (TPSA) is 32.3 Å². The highest BCUT2D eigenvalue weighted by Gasteiger charge is 2.16. The fraction of sp³-hybridized carbons (Fsp3) is 0.462. The largest absolute Gasteiger partial charge is 0.375 e. The Balaban J connectivity index is 1.88. The molecule has 1 fully saturated rings. The summed E-state index contributed by atoms with van der Waals surface area (Å²) in [6.45, 7) is 1.96. The lowest BCUT2D eigenvalue weighted by Gasteiger charge is -2.27. The van der Waals surface area contributed by atoms with E-state index in [-0.39, 0.29) is 18.3 Å². The molecule has 0 saturated carbocycles. The van der Waals surface area contributed by atoms with Gasteiger partial charge in [-0.1, -0.05) is 0 Å². The molecule has 0 atom stereocenters. The number of likely N-dealkylation sites (tertiary alicyclic amines) is 1. The van der Waals surface area contributed by atoms with Crippen molar-refractivity contribution in [3.05, 3.63) is 28.5 Å². The third-order valence-electron chi connectivity index (χ3n) is 3.07. The van der Waals surface area contributed by atoms with Crippen LogP contribution in [-0.4, -0.2) is 30.4 Å². The summed E-state index contributed by atoms with van der Waals surface area (Å²) >= 11 is 3.27. The number of hydrogen-bond donors (Lipinski definition) is 1. The minimum atomic E-state index is -0.296. The van der Waals surface area contributed by atoms with Gasteiger partial charge in [-0.2, -0.15) is 0 Å². The van der Waals surface area contributed by atoms with Crippen molar-refractivity contribution in [1.82, 2.24) is 4.90 Å². The van der Waals surface area contributed by atoms with Crippen molar-refractivity contribution in [2.75, 3.05) is 25.0 Å². The Morgan fingerprint density at radius 1 is 1.33 bits per heavy atom. The third-order valence-corrected chi connectivity index (χ3v) is 3.73. The van der Waals surface area contributed by atoms with E-state index in [1.54, 1.807) is 6.07 Å². The van der Waals surface area contributed by atoms with E-state index < -0.39 is 0 Å². The Bertz CT molecular complexity index is 433. The van der Waals surface area contributed by atoms with Gasteiger partial charge in [0.25, 0.3) is 0 Å². The van der Waals surface area contributed by atoms with Gasteiger partial charge in [0.2, 0.25) is 5.91 Å². The quantitative estimate of drug-likeness (QED) is 0.930. The van der Waals surface area contributed by atoms with Gasteiger partial charge in [-0.25, -0.2) is 4.39 Å². The predicted molar refractivity (Wildman–Crippen MR) is 73.0 cm³/mol. The number of halogens is 2. The zero-order valence-corrected chi connectivity index (χ0v) is 11.7. The lowest BCUT2D eigenvalue weighted by molar-refractivity contribution is -0.130. The van der Waals surface area contributed by atoms with E-state index in [0.717, 1.165) is 31.6 Å². The van der Waals surface area contributed by atoms with Crippen LogP contribution < -0.4 is 5.32 Å². The zero-order chi connectivity index (χ0) is 13.0. The summed E-state index contributed by atoms with van der Waals surface area (Å²) in [7, 11) is 0. The van der Waals surface area contributed by atoms with Crippen LogP contribution in [0.3, 0.4) is 0 Å². The SMILES string of the molecule is O=C(CNc1ccc(F)cc1Br)N1CCCCC1. The van der Waals surface area contributed by atoms with Crippen molar-refractivity contribution in [1.29, 1.82) is 0 Å². The normalized spacial score (nSPS) is 15.6. The summed E-state index contributed by atoms with van der Waals surface area (Å²) in [5.74, 6) is -0.194. The molecule has 1 aliphatic heterocycles. The maximum absolute atomic E-state index is 12.9. The number of carbonyl (C=O) groups is 1. The highest BCUT2D eigenvalue weighted by molar-refractivity contribution is 9.10. The van der Waals surface area contributed by atoms with Gasteiger partial charge in [-0.05, 0) is 53.4 Å². The molecule has 1 amide bonds. The summed E-state index contributed by atoms with van der Waals surface area (Å²) in [5, 5.41) is 3.03. The van der Waals surface area contributed by atoms with Gasteiger partial charge in [-0.3, -0.25) is 4.79 Å². The molecular formula is C13H16BrFN2O. The summed E-state index contributed by atoms with van der Waals surface area (Å²) in [6, 6.07) is 4.38. The summed E-state index contributed by atoms with van der Waals surface area (Å²) in [5.41, 5.74) is 0.738. The Morgan fingerprint density at radius 3 is 2.72 bits per heavy atom. The maximum Gasteiger partial charge on any atom is 0.241 e. The van der Waals surface area contributed by atoms with Crippen LogP contribution in [0.5, 0.6) is 0 Å². The van der Waals surface area contributed by atoms with Crippen molar-refractivity contribution < 1.29 is 9.18 Å². The number of amides is 1. The van der Waals surface area contributed by atoms with Gasteiger partial charge in [0.05, 0.1) is 6.54 Å². The molecule has 3 nitrogen and oxygen atoms in total. The molecular weight excluding hydrogens is 299 g/mol. The molecule has 0 aliphatic carbocycles. The summed E-state index contributed by atoms with van der Waals surface area (Å²) in [4.78, 5) is 13.8. The first-order valence-corrected chi connectivity index (χ1v) is 6.93. The van der Waals surface area contributed by atoms with Gasteiger partial charge in [0.1, 0.15) is 5.82 Å². The number of hydrogen-bond acceptors (Lipinski definition) is 2. The minimum absolute atomic E-state index is 0.103. The molecule has 18 heavy (non-hydrogen) atoms. The number of anilines is 1. The van der Waals surface area contributed by atoms with Crippen LogP contribution in [0.1, 0.15) is 19.3 Å². The van der Waals surface area contributed by atoms with Gasteiger partial charge in [0, 0.05) is 23.2 Å². The molecule has 1 saturated heterocycles. The molecule has 1 N–H and O–H groups in total. The number of piperidine rings is 1. The van der Waals surface area contributed by atoms with E-state index in [0.29, 0.717) is 4.47 Å². The first-order chi connectivity index (χ1) is 8.66. The maximum atomic E-state index is 12.9. The molecule has 0 unspecified atom stereocenters. The first-order valence-electron chi connectivity index (χ1n) is 6.13. The van der Waals surface area contributed by atoms with E-state index in [1.807, 2.05) is 4.90 Å². The van der Waals surface area contributed by atoms with Gasteiger partial charge < -0.3 is 10.2 Å². The van der Waals surface area contributed by atoms with E-state index in [4.69, 9.17) is 0 Å². The molecule has 1 heterocycles. The molecule has 2 rings (SSSR count). The molecule has 5 heteroatoms. The molecule has 1 aromatic carbocycles. The van der Waals surface area contributed by atoms with E-state index in [2.05, 4.69) is 21.2 Å². The number of benzene rings is 1. The number of carbonyl (C=O) groups excluding carboxylic acids is 1. The Morgan fingerprint density at radius 2 is 2.06 bits per heavy atom. The third kappa shape index (κ3) is 3.45. The molecule has 0 radical (unpaired) electrons. The molecule has 98 valence electrons. The second kappa shape index (κ2) is 6.18. The van der Waals surface area contributed by atoms with Crippen LogP contribution in [0.2, 0.25) is 0 Å². The van der Waals surface area contributed by atoms with Crippen LogP contribution in [0, 0.1) is 5.82 Å². The highest BCUT2D eigenvalue weighted by Crippen LogP contribution is 2.22. The smallest absolute Gasteiger partial charge is 0.241 e. The lowest BCUT2D eigenvalue weighted by Crippen LogP contribution is -2.39. The van der Waals surface area contributed by atoms with Gasteiger partial charge >= 0.3 is 0 Å². The van der Waals surface area contributed by atoms with Crippen LogP contribution in [-0.2, 0) is 4.79 Å². The molecule has 0 aromatic heterocycles. The molecule has 1 aliphatic rings. The van der Waals surface area contributed by atoms with Crippen molar-refractivity contribution >= 4 is 27.5 Å². The number of nitrogens with one attached hydrogen (secondary N) is 1. The Kier molecular flexibility index (Phi) is 4.58. The number of rotatable bonds is 3. The Hall–Kier alpha value is -1.10. The second-order valence-electron chi connectivity index (χ2n) is 4.42. The molecule has 1 aromatic rings. The first kappa shape index (κ1) is 13.3. The highest BCUT2D eigenvalue weighted by atomic mass is 79.9. The standard InChI is InChI=1S/C13H16BrFN2O/c14-11-8-10(15)4-5-12(11)16-9-13(18)17-6-2-1-3-7-17/h4-5,8,16H,1-3,6-7,9H2. The van der Waals surface area contributed by atoms with Gasteiger partial charge in [-0.15, -0.1) is 0 Å². The van der Waals surface area contributed by atoms with Crippen LogP contribution >= 0.6 is 15.9 Å². The monoisotopic (exact) mass is 314 g/mol. The van der Waals surface area contributed by atoms with Crippen LogP contribution in [0.25, 0.3) is 0 Å².